The first-order valence-corrected chi connectivity index (χ1v) is 10.7. The van der Waals surface area contributed by atoms with Crippen molar-refractivity contribution in [2.24, 2.45) is 0 Å². The van der Waals surface area contributed by atoms with Crippen molar-refractivity contribution in [3.8, 4) is 10.6 Å². The molecule has 0 amide bonds. The second-order valence-corrected chi connectivity index (χ2v) is 9.08. The van der Waals surface area contributed by atoms with Gasteiger partial charge in [-0.2, -0.15) is 0 Å². The molecule has 6 aromatic rings. The van der Waals surface area contributed by atoms with Gasteiger partial charge in [0.15, 0.2) is 0 Å². The Morgan fingerprint density at radius 3 is 2.48 bits per heavy atom. The molecule has 0 aliphatic carbocycles. The van der Waals surface area contributed by atoms with Crippen molar-refractivity contribution < 1.29 is 0 Å². The first kappa shape index (κ1) is 15.6. The van der Waals surface area contributed by atoms with Gasteiger partial charge in [0, 0.05) is 25.7 Å². The lowest BCUT2D eigenvalue weighted by Crippen LogP contribution is -1.78. The van der Waals surface area contributed by atoms with Gasteiger partial charge in [0.2, 0.25) is 0 Å². The Labute approximate surface area is 168 Å². The fraction of sp³-hybridized carbons (Fsp3) is 0. The van der Waals surface area contributed by atoms with E-state index in [4.69, 9.17) is 16.6 Å². The maximum absolute atomic E-state index is 6.61. The molecule has 128 valence electrons. The molecule has 0 saturated heterocycles. The Morgan fingerprint density at radius 2 is 1.56 bits per heavy atom. The standard InChI is InChI=1S/C23H12ClNS2/c24-17-12-19-20(16-7-3-4-8-18(16)26-19)22-21(17)25-23(27-22)15-10-9-13-5-1-2-6-14(13)11-15/h1-12H. The van der Waals surface area contributed by atoms with Crippen LogP contribution in [0.3, 0.4) is 0 Å². The van der Waals surface area contributed by atoms with E-state index in [2.05, 4.69) is 72.8 Å². The largest absolute Gasteiger partial charge is 0.234 e. The van der Waals surface area contributed by atoms with Crippen LogP contribution in [0.1, 0.15) is 0 Å². The lowest BCUT2D eigenvalue weighted by molar-refractivity contribution is 1.49. The Bertz CT molecular complexity index is 1490. The van der Waals surface area contributed by atoms with Crippen LogP contribution in [0, 0.1) is 0 Å². The van der Waals surface area contributed by atoms with Crippen molar-refractivity contribution in [2.75, 3.05) is 0 Å². The van der Waals surface area contributed by atoms with Crippen LogP contribution in [-0.2, 0) is 0 Å². The van der Waals surface area contributed by atoms with Gasteiger partial charge in [-0.1, -0.05) is 66.2 Å². The number of rotatable bonds is 1. The predicted molar refractivity (Wildman–Crippen MR) is 120 cm³/mol. The molecule has 27 heavy (non-hydrogen) atoms. The summed E-state index contributed by atoms with van der Waals surface area (Å²) in [6.07, 6.45) is 0. The molecule has 0 saturated carbocycles. The third-order valence-corrected chi connectivity index (χ3v) is 7.49. The molecule has 2 heterocycles. The minimum Gasteiger partial charge on any atom is -0.234 e. The predicted octanol–water partition coefficient (Wildman–Crippen LogP) is 8.14. The van der Waals surface area contributed by atoms with E-state index >= 15 is 0 Å². The fourth-order valence-electron chi connectivity index (χ4n) is 3.68. The number of nitrogens with zero attached hydrogens (tertiary/aromatic N) is 1. The van der Waals surface area contributed by atoms with Crippen LogP contribution in [0.2, 0.25) is 5.02 Å². The highest BCUT2D eigenvalue weighted by molar-refractivity contribution is 7.28. The summed E-state index contributed by atoms with van der Waals surface area (Å²) in [6, 6.07) is 25.5. The van der Waals surface area contributed by atoms with Gasteiger partial charge in [0.25, 0.3) is 0 Å². The van der Waals surface area contributed by atoms with E-state index in [0.29, 0.717) is 0 Å². The third-order valence-electron chi connectivity index (χ3n) is 4.96. The minimum atomic E-state index is 0.729. The number of benzene rings is 4. The van der Waals surface area contributed by atoms with Crippen LogP contribution in [0.5, 0.6) is 0 Å². The molecule has 0 unspecified atom stereocenters. The van der Waals surface area contributed by atoms with Crippen molar-refractivity contribution >= 4 is 75.4 Å². The van der Waals surface area contributed by atoms with E-state index in [1.54, 1.807) is 22.7 Å². The quantitative estimate of drug-likeness (QED) is 0.271. The normalized spacial score (nSPS) is 11.9. The molecule has 0 bridgehead atoms. The third kappa shape index (κ3) is 2.32. The highest BCUT2D eigenvalue weighted by atomic mass is 35.5. The van der Waals surface area contributed by atoms with Crippen molar-refractivity contribution in [3.05, 3.63) is 77.8 Å². The second kappa shape index (κ2) is 5.77. The summed E-state index contributed by atoms with van der Waals surface area (Å²) in [5.41, 5.74) is 2.04. The van der Waals surface area contributed by atoms with Gasteiger partial charge in [0.1, 0.15) is 10.5 Å². The molecule has 0 radical (unpaired) electrons. The molecule has 0 N–H and O–H groups in total. The van der Waals surface area contributed by atoms with E-state index in [-0.39, 0.29) is 0 Å². The van der Waals surface area contributed by atoms with Crippen molar-refractivity contribution in [2.45, 2.75) is 0 Å². The van der Waals surface area contributed by atoms with Crippen molar-refractivity contribution in [1.82, 2.24) is 4.98 Å². The Kier molecular flexibility index (Phi) is 3.33. The highest BCUT2D eigenvalue weighted by Gasteiger charge is 2.16. The number of aromatic nitrogens is 1. The molecular formula is C23H12ClNS2. The van der Waals surface area contributed by atoms with Gasteiger partial charge in [0.05, 0.1) is 9.72 Å². The molecule has 0 atom stereocenters. The Morgan fingerprint density at radius 1 is 0.741 bits per heavy atom. The summed E-state index contributed by atoms with van der Waals surface area (Å²) >= 11 is 10.1. The van der Waals surface area contributed by atoms with Crippen LogP contribution in [0.4, 0.5) is 0 Å². The summed E-state index contributed by atoms with van der Waals surface area (Å²) < 4.78 is 3.69. The zero-order chi connectivity index (χ0) is 18.0. The first-order chi connectivity index (χ1) is 13.3. The van der Waals surface area contributed by atoms with Crippen molar-refractivity contribution in [1.29, 1.82) is 0 Å². The van der Waals surface area contributed by atoms with Gasteiger partial charge < -0.3 is 0 Å². The molecule has 1 nitrogen and oxygen atoms in total. The van der Waals surface area contributed by atoms with Gasteiger partial charge in [-0.3, -0.25) is 0 Å². The zero-order valence-electron chi connectivity index (χ0n) is 14.1. The summed E-state index contributed by atoms with van der Waals surface area (Å²) in [4.78, 5) is 4.92. The maximum atomic E-state index is 6.61. The Balaban J connectivity index is 1.68. The lowest BCUT2D eigenvalue weighted by Gasteiger charge is -2.00. The maximum Gasteiger partial charge on any atom is 0.124 e. The van der Waals surface area contributed by atoms with Gasteiger partial charge in [-0.15, -0.1) is 22.7 Å². The van der Waals surface area contributed by atoms with Crippen LogP contribution in [0.15, 0.2) is 72.8 Å². The summed E-state index contributed by atoms with van der Waals surface area (Å²) in [7, 11) is 0. The molecule has 6 rings (SSSR count). The molecule has 2 aromatic heterocycles. The molecule has 0 fully saturated rings. The highest BCUT2D eigenvalue weighted by Crippen LogP contribution is 2.45. The van der Waals surface area contributed by atoms with Crippen LogP contribution in [0.25, 0.3) is 51.7 Å². The summed E-state index contributed by atoms with van der Waals surface area (Å²) in [6.45, 7) is 0. The van der Waals surface area contributed by atoms with Gasteiger partial charge in [-0.25, -0.2) is 4.98 Å². The van der Waals surface area contributed by atoms with E-state index in [1.807, 2.05) is 0 Å². The number of thiophene rings is 1. The fourth-order valence-corrected chi connectivity index (χ4v) is 6.42. The van der Waals surface area contributed by atoms with E-state index in [1.165, 1.54) is 35.6 Å². The van der Waals surface area contributed by atoms with E-state index in [0.717, 1.165) is 21.1 Å². The molecule has 0 aliphatic heterocycles. The number of thiazole rings is 1. The number of hydrogen-bond donors (Lipinski definition) is 0. The minimum absolute atomic E-state index is 0.729. The van der Waals surface area contributed by atoms with Crippen molar-refractivity contribution in [3.63, 3.8) is 0 Å². The SMILES string of the molecule is Clc1cc2sc3ccccc3c2c2sc(-c3ccc4ccccc4c3)nc12. The monoisotopic (exact) mass is 401 g/mol. The molecule has 4 aromatic carbocycles. The van der Waals surface area contributed by atoms with E-state index < -0.39 is 0 Å². The average molecular weight is 402 g/mol. The topological polar surface area (TPSA) is 12.9 Å². The van der Waals surface area contributed by atoms with Gasteiger partial charge in [-0.05, 0) is 29.0 Å². The molecule has 0 spiro atoms. The number of hydrogen-bond acceptors (Lipinski definition) is 3. The smallest absolute Gasteiger partial charge is 0.124 e. The number of fused-ring (bicyclic) bond motifs is 6. The average Bonchev–Trinajstić information content (AvgIpc) is 3.29. The van der Waals surface area contributed by atoms with Gasteiger partial charge >= 0.3 is 0 Å². The van der Waals surface area contributed by atoms with Crippen LogP contribution in [-0.4, -0.2) is 4.98 Å². The van der Waals surface area contributed by atoms with E-state index in [9.17, 15) is 0 Å². The molecular weight excluding hydrogens is 390 g/mol. The molecule has 4 heteroatoms. The summed E-state index contributed by atoms with van der Waals surface area (Å²) in [5.74, 6) is 0. The first-order valence-electron chi connectivity index (χ1n) is 8.67. The molecule has 0 aliphatic rings. The van der Waals surface area contributed by atoms with Crippen LogP contribution >= 0.6 is 34.3 Å². The second-order valence-electron chi connectivity index (χ2n) is 6.59. The lowest BCUT2D eigenvalue weighted by atomic mass is 10.1. The Hall–Kier alpha value is -2.46. The summed E-state index contributed by atoms with van der Waals surface area (Å²) in [5, 5.41) is 6.78. The van der Waals surface area contributed by atoms with Crippen LogP contribution < -0.4 is 0 Å². The number of halogens is 1. The zero-order valence-corrected chi connectivity index (χ0v) is 16.5.